The fourth-order valence-electron chi connectivity index (χ4n) is 2.14. The maximum atomic E-state index is 11.0. The molecule has 0 saturated heterocycles. The summed E-state index contributed by atoms with van der Waals surface area (Å²) in [6, 6.07) is 5.32. The first-order valence-electron chi connectivity index (χ1n) is 6.20. The second-order valence-corrected chi connectivity index (χ2v) is 4.85. The second-order valence-electron chi connectivity index (χ2n) is 4.85. The fraction of sp³-hybridized carbons (Fsp3) is 0.500. The number of carbonyl (C=O) groups is 1. The Morgan fingerprint density at radius 1 is 1.39 bits per heavy atom. The van der Waals surface area contributed by atoms with Gasteiger partial charge in [-0.05, 0) is 31.0 Å². The standard InChI is InChI=1S/C14H18O4/c1-4-7-14(3)17-11-6-5-10(8-12(11)18-14)9(2)13(15)16/h5-6,8-9H,4,7H2,1-3H3,(H,15,16). The molecule has 1 aromatic rings. The van der Waals surface area contributed by atoms with Crippen molar-refractivity contribution < 1.29 is 19.4 Å². The van der Waals surface area contributed by atoms with Gasteiger partial charge in [-0.1, -0.05) is 13.0 Å². The third kappa shape index (κ3) is 2.28. The first-order chi connectivity index (χ1) is 8.45. The van der Waals surface area contributed by atoms with Crippen LogP contribution in [0, 0.1) is 0 Å². The van der Waals surface area contributed by atoms with E-state index in [2.05, 4.69) is 6.92 Å². The lowest BCUT2D eigenvalue weighted by Gasteiger charge is -2.21. The van der Waals surface area contributed by atoms with Crippen molar-refractivity contribution >= 4 is 5.97 Å². The number of rotatable bonds is 4. The summed E-state index contributed by atoms with van der Waals surface area (Å²) >= 11 is 0. The van der Waals surface area contributed by atoms with Crippen LogP contribution in [0.3, 0.4) is 0 Å². The van der Waals surface area contributed by atoms with E-state index in [4.69, 9.17) is 14.6 Å². The summed E-state index contributed by atoms with van der Waals surface area (Å²) in [5.74, 6) is -0.687. The van der Waals surface area contributed by atoms with Gasteiger partial charge < -0.3 is 14.6 Å². The number of carboxylic acids is 1. The first kappa shape index (κ1) is 12.7. The van der Waals surface area contributed by atoms with Crippen molar-refractivity contribution in [2.24, 2.45) is 0 Å². The van der Waals surface area contributed by atoms with E-state index in [1.807, 2.05) is 6.92 Å². The second kappa shape index (κ2) is 4.52. The molecule has 1 aliphatic heterocycles. The average Bonchev–Trinajstić information content (AvgIpc) is 2.63. The minimum atomic E-state index is -0.842. The molecule has 2 atom stereocenters. The molecule has 0 spiro atoms. The highest BCUT2D eigenvalue weighted by atomic mass is 16.7. The van der Waals surface area contributed by atoms with Gasteiger partial charge in [0.05, 0.1) is 5.92 Å². The highest BCUT2D eigenvalue weighted by molar-refractivity contribution is 5.76. The molecule has 0 bridgehead atoms. The third-order valence-corrected chi connectivity index (χ3v) is 3.19. The van der Waals surface area contributed by atoms with Crippen LogP contribution >= 0.6 is 0 Å². The molecule has 0 aromatic heterocycles. The van der Waals surface area contributed by atoms with Crippen molar-refractivity contribution in [3.05, 3.63) is 23.8 Å². The highest BCUT2D eigenvalue weighted by Crippen LogP contribution is 2.42. The van der Waals surface area contributed by atoms with Crippen LogP contribution in [-0.2, 0) is 4.79 Å². The van der Waals surface area contributed by atoms with E-state index in [0.29, 0.717) is 11.5 Å². The van der Waals surface area contributed by atoms with Gasteiger partial charge in [-0.25, -0.2) is 0 Å². The van der Waals surface area contributed by atoms with Gasteiger partial charge in [0.1, 0.15) is 0 Å². The molecule has 98 valence electrons. The minimum absolute atomic E-state index is 0.545. The van der Waals surface area contributed by atoms with Crippen LogP contribution < -0.4 is 9.47 Å². The molecule has 0 radical (unpaired) electrons. The molecule has 0 fully saturated rings. The fourth-order valence-corrected chi connectivity index (χ4v) is 2.14. The van der Waals surface area contributed by atoms with Crippen molar-refractivity contribution in [2.75, 3.05) is 0 Å². The Bertz CT molecular complexity index is 469. The number of aliphatic carboxylic acids is 1. The van der Waals surface area contributed by atoms with E-state index >= 15 is 0 Å². The van der Waals surface area contributed by atoms with Crippen molar-refractivity contribution in [1.82, 2.24) is 0 Å². The minimum Gasteiger partial charge on any atom is -0.481 e. The van der Waals surface area contributed by atoms with Gasteiger partial charge in [0.25, 0.3) is 0 Å². The Hall–Kier alpha value is -1.71. The quantitative estimate of drug-likeness (QED) is 0.891. The largest absolute Gasteiger partial charge is 0.481 e. The lowest BCUT2D eigenvalue weighted by molar-refractivity contribution is -0.138. The Balaban J connectivity index is 2.24. The molecule has 0 saturated carbocycles. The zero-order valence-corrected chi connectivity index (χ0v) is 10.9. The van der Waals surface area contributed by atoms with Gasteiger partial charge >= 0.3 is 5.97 Å². The Morgan fingerprint density at radius 2 is 2.06 bits per heavy atom. The summed E-state index contributed by atoms with van der Waals surface area (Å²) in [4.78, 5) is 11.0. The Labute approximate surface area is 107 Å². The lowest BCUT2D eigenvalue weighted by atomic mass is 10.0. The Morgan fingerprint density at radius 3 is 2.67 bits per heavy atom. The first-order valence-corrected chi connectivity index (χ1v) is 6.20. The van der Waals surface area contributed by atoms with Crippen molar-refractivity contribution in [1.29, 1.82) is 0 Å². The average molecular weight is 250 g/mol. The van der Waals surface area contributed by atoms with Crippen LogP contribution in [-0.4, -0.2) is 16.9 Å². The summed E-state index contributed by atoms with van der Waals surface area (Å²) in [5, 5.41) is 9.00. The van der Waals surface area contributed by atoms with Gasteiger partial charge in [-0.15, -0.1) is 0 Å². The summed E-state index contributed by atoms with van der Waals surface area (Å²) in [7, 11) is 0. The summed E-state index contributed by atoms with van der Waals surface area (Å²) in [6.07, 6.45) is 1.76. The van der Waals surface area contributed by atoms with Crippen molar-refractivity contribution in [2.45, 2.75) is 45.3 Å². The van der Waals surface area contributed by atoms with Crippen LogP contribution in [0.1, 0.15) is 45.1 Å². The highest BCUT2D eigenvalue weighted by Gasteiger charge is 2.36. The summed E-state index contributed by atoms with van der Waals surface area (Å²) in [5.41, 5.74) is 0.727. The number of hydrogen-bond donors (Lipinski definition) is 1. The smallest absolute Gasteiger partial charge is 0.310 e. The molecule has 18 heavy (non-hydrogen) atoms. The van der Waals surface area contributed by atoms with E-state index in [9.17, 15) is 4.79 Å². The zero-order chi connectivity index (χ0) is 13.3. The molecule has 0 amide bonds. The number of hydrogen-bond acceptors (Lipinski definition) is 3. The number of benzene rings is 1. The summed E-state index contributed by atoms with van der Waals surface area (Å²) < 4.78 is 11.6. The van der Waals surface area contributed by atoms with Gasteiger partial charge in [0.15, 0.2) is 11.5 Å². The Kier molecular flexibility index (Phi) is 3.20. The van der Waals surface area contributed by atoms with Crippen LogP contribution in [0.5, 0.6) is 11.5 Å². The molecule has 1 aliphatic rings. The third-order valence-electron chi connectivity index (χ3n) is 3.19. The maximum absolute atomic E-state index is 11.0. The molecule has 0 aliphatic carbocycles. The molecular weight excluding hydrogens is 232 g/mol. The number of ether oxygens (including phenoxy) is 2. The van der Waals surface area contributed by atoms with E-state index in [0.717, 1.165) is 18.4 Å². The van der Waals surface area contributed by atoms with Crippen LogP contribution in [0.15, 0.2) is 18.2 Å². The van der Waals surface area contributed by atoms with Crippen molar-refractivity contribution in [3.8, 4) is 11.5 Å². The predicted molar refractivity (Wildman–Crippen MR) is 67.1 cm³/mol. The molecule has 2 rings (SSSR count). The zero-order valence-electron chi connectivity index (χ0n) is 10.9. The van der Waals surface area contributed by atoms with E-state index in [1.165, 1.54) is 0 Å². The molecule has 1 aromatic carbocycles. The summed E-state index contributed by atoms with van der Waals surface area (Å²) in [6.45, 7) is 5.63. The van der Waals surface area contributed by atoms with Gasteiger partial charge in [0, 0.05) is 13.3 Å². The maximum Gasteiger partial charge on any atom is 0.310 e. The molecule has 4 heteroatoms. The van der Waals surface area contributed by atoms with E-state index in [1.54, 1.807) is 25.1 Å². The normalized spacial score (nSPS) is 22.8. The molecular formula is C14H18O4. The molecule has 1 heterocycles. The topological polar surface area (TPSA) is 55.8 Å². The van der Waals surface area contributed by atoms with E-state index < -0.39 is 17.7 Å². The lowest BCUT2D eigenvalue weighted by Crippen LogP contribution is -2.34. The molecule has 4 nitrogen and oxygen atoms in total. The molecule has 1 N–H and O–H groups in total. The van der Waals surface area contributed by atoms with Gasteiger partial charge in [0.2, 0.25) is 5.79 Å². The van der Waals surface area contributed by atoms with Crippen molar-refractivity contribution in [3.63, 3.8) is 0 Å². The van der Waals surface area contributed by atoms with Crippen LogP contribution in [0.4, 0.5) is 0 Å². The number of fused-ring (bicyclic) bond motifs is 1. The van der Waals surface area contributed by atoms with Crippen LogP contribution in [0.25, 0.3) is 0 Å². The monoisotopic (exact) mass is 250 g/mol. The number of carboxylic acid groups (broad SMARTS) is 1. The predicted octanol–water partition coefficient (Wildman–Crippen LogP) is 3.16. The van der Waals surface area contributed by atoms with E-state index in [-0.39, 0.29) is 0 Å². The SMILES string of the molecule is CCCC1(C)Oc2ccc(C(C)C(=O)O)cc2O1. The van der Waals surface area contributed by atoms with Gasteiger partial charge in [-0.2, -0.15) is 0 Å². The van der Waals surface area contributed by atoms with Gasteiger partial charge in [-0.3, -0.25) is 4.79 Å². The molecule has 2 unspecified atom stereocenters. The van der Waals surface area contributed by atoms with Crippen LogP contribution in [0.2, 0.25) is 0 Å².